The standard InChI is InChI=1S/C24H25ClN2O5S/c1-4-32-20-12-10-19(11-13-20)26-33(29,30)23-15-17(9-14-21(23)25)24(28)27(2)16-18-7-5-6-8-22(18)31-3/h5-15,26H,4,16H2,1-3H3. The number of para-hydroxylation sites is 1. The summed E-state index contributed by atoms with van der Waals surface area (Å²) in [6, 6.07) is 18.1. The van der Waals surface area contributed by atoms with Crippen molar-refractivity contribution >= 4 is 33.2 Å². The summed E-state index contributed by atoms with van der Waals surface area (Å²) in [4.78, 5) is 14.3. The Kier molecular flexibility index (Phi) is 7.84. The molecule has 0 saturated heterocycles. The van der Waals surface area contributed by atoms with Crippen molar-refractivity contribution in [3.8, 4) is 11.5 Å². The SMILES string of the molecule is CCOc1ccc(NS(=O)(=O)c2cc(C(=O)N(C)Cc3ccccc3OC)ccc2Cl)cc1. The van der Waals surface area contributed by atoms with Crippen LogP contribution in [0.5, 0.6) is 11.5 Å². The number of ether oxygens (including phenoxy) is 2. The maximum absolute atomic E-state index is 13.0. The topological polar surface area (TPSA) is 84.9 Å². The third-order valence-corrected chi connectivity index (χ3v) is 6.69. The molecule has 3 aromatic rings. The first-order valence-corrected chi connectivity index (χ1v) is 12.0. The van der Waals surface area contributed by atoms with Crippen LogP contribution in [0.2, 0.25) is 5.02 Å². The molecule has 174 valence electrons. The van der Waals surface area contributed by atoms with Gasteiger partial charge in [0.2, 0.25) is 0 Å². The van der Waals surface area contributed by atoms with E-state index in [0.29, 0.717) is 23.8 Å². The van der Waals surface area contributed by atoms with Gasteiger partial charge in [0.15, 0.2) is 0 Å². The predicted molar refractivity (Wildman–Crippen MR) is 129 cm³/mol. The molecule has 0 atom stereocenters. The molecule has 0 aliphatic carbocycles. The van der Waals surface area contributed by atoms with Gasteiger partial charge in [-0.25, -0.2) is 8.42 Å². The molecule has 0 radical (unpaired) electrons. The molecular weight excluding hydrogens is 464 g/mol. The summed E-state index contributed by atoms with van der Waals surface area (Å²) < 4.78 is 39.2. The van der Waals surface area contributed by atoms with Crippen molar-refractivity contribution in [3.63, 3.8) is 0 Å². The van der Waals surface area contributed by atoms with Crippen LogP contribution in [-0.4, -0.2) is 40.0 Å². The highest BCUT2D eigenvalue weighted by Gasteiger charge is 2.22. The number of carbonyl (C=O) groups excluding carboxylic acids is 1. The number of halogens is 1. The first-order valence-electron chi connectivity index (χ1n) is 10.2. The van der Waals surface area contributed by atoms with E-state index in [1.165, 1.54) is 23.1 Å². The summed E-state index contributed by atoms with van der Waals surface area (Å²) in [5.41, 5.74) is 1.37. The van der Waals surface area contributed by atoms with E-state index in [2.05, 4.69) is 4.72 Å². The summed E-state index contributed by atoms with van der Waals surface area (Å²) in [6.45, 7) is 2.66. The summed E-state index contributed by atoms with van der Waals surface area (Å²) in [6.07, 6.45) is 0. The number of benzene rings is 3. The lowest BCUT2D eigenvalue weighted by molar-refractivity contribution is 0.0784. The van der Waals surface area contributed by atoms with E-state index in [1.807, 2.05) is 31.2 Å². The Labute approximate surface area is 198 Å². The van der Waals surface area contributed by atoms with Gasteiger partial charge in [0.05, 0.1) is 18.7 Å². The first kappa shape index (κ1) is 24.4. The van der Waals surface area contributed by atoms with E-state index >= 15 is 0 Å². The van der Waals surface area contributed by atoms with Crippen LogP contribution < -0.4 is 14.2 Å². The highest BCUT2D eigenvalue weighted by atomic mass is 35.5. The number of nitrogens with one attached hydrogen (secondary N) is 1. The van der Waals surface area contributed by atoms with Crippen molar-refractivity contribution in [2.24, 2.45) is 0 Å². The predicted octanol–water partition coefficient (Wildman–Crippen LogP) is 4.82. The second-order valence-electron chi connectivity index (χ2n) is 7.18. The van der Waals surface area contributed by atoms with E-state index in [1.54, 1.807) is 38.4 Å². The van der Waals surface area contributed by atoms with Crippen LogP contribution in [0, 0.1) is 0 Å². The Morgan fingerprint density at radius 3 is 2.42 bits per heavy atom. The molecular formula is C24H25ClN2O5S. The van der Waals surface area contributed by atoms with Crippen LogP contribution in [0.1, 0.15) is 22.8 Å². The van der Waals surface area contributed by atoms with E-state index in [4.69, 9.17) is 21.1 Å². The van der Waals surface area contributed by atoms with E-state index < -0.39 is 10.0 Å². The monoisotopic (exact) mass is 488 g/mol. The number of carbonyl (C=O) groups is 1. The van der Waals surface area contributed by atoms with Crippen molar-refractivity contribution in [1.29, 1.82) is 0 Å². The highest BCUT2D eigenvalue weighted by Crippen LogP contribution is 2.27. The van der Waals surface area contributed by atoms with Gasteiger partial charge in [0.25, 0.3) is 15.9 Å². The van der Waals surface area contributed by atoms with Gasteiger partial charge < -0.3 is 14.4 Å². The Morgan fingerprint density at radius 1 is 1.06 bits per heavy atom. The maximum atomic E-state index is 13.0. The third kappa shape index (κ3) is 5.97. The molecule has 0 saturated carbocycles. The number of rotatable bonds is 9. The molecule has 3 rings (SSSR count). The number of amides is 1. The van der Waals surface area contributed by atoms with Gasteiger partial charge in [0, 0.05) is 30.4 Å². The summed E-state index contributed by atoms with van der Waals surface area (Å²) in [5.74, 6) is 0.940. The molecule has 0 bridgehead atoms. The molecule has 1 amide bonds. The fourth-order valence-electron chi connectivity index (χ4n) is 3.22. The Hall–Kier alpha value is -3.23. The van der Waals surface area contributed by atoms with Gasteiger partial charge in [-0.15, -0.1) is 0 Å². The zero-order chi connectivity index (χ0) is 24.0. The van der Waals surface area contributed by atoms with Crippen molar-refractivity contribution < 1.29 is 22.7 Å². The van der Waals surface area contributed by atoms with E-state index in [9.17, 15) is 13.2 Å². The van der Waals surface area contributed by atoms with Crippen LogP contribution in [0.4, 0.5) is 5.69 Å². The van der Waals surface area contributed by atoms with Gasteiger partial charge in [-0.1, -0.05) is 29.8 Å². The molecule has 7 nitrogen and oxygen atoms in total. The van der Waals surface area contributed by atoms with Crippen molar-refractivity contribution in [2.45, 2.75) is 18.4 Å². The molecule has 0 aromatic heterocycles. The number of nitrogens with zero attached hydrogens (tertiary/aromatic N) is 1. The van der Waals surface area contributed by atoms with Gasteiger partial charge in [-0.05, 0) is 55.5 Å². The second kappa shape index (κ2) is 10.6. The zero-order valence-corrected chi connectivity index (χ0v) is 20.1. The molecule has 0 fully saturated rings. The summed E-state index contributed by atoms with van der Waals surface area (Å²) >= 11 is 6.19. The number of methoxy groups -OCH3 is 1. The van der Waals surface area contributed by atoms with Gasteiger partial charge >= 0.3 is 0 Å². The van der Waals surface area contributed by atoms with Crippen molar-refractivity contribution in [3.05, 3.63) is 82.9 Å². The Morgan fingerprint density at radius 2 is 1.76 bits per heavy atom. The Bertz CT molecular complexity index is 1230. The summed E-state index contributed by atoms with van der Waals surface area (Å²) in [7, 11) is -0.835. The number of hydrogen-bond acceptors (Lipinski definition) is 5. The smallest absolute Gasteiger partial charge is 0.263 e. The number of sulfonamides is 1. The first-order chi connectivity index (χ1) is 15.7. The average Bonchev–Trinajstić information content (AvgIpc) is 2.80. The van der Waals surface area contributed by atoms with Gasteiger partial charge in [0.1, 0.15) is 16.4 Å². The largest absolute Gasteiger partial charge is 0.496 e. The minimum absolute atomic E-state index is 0.0115. The third-order valence-electron chi connectivity index (χ3n) is 4.83. The lowest BCUT2D eigenvalue weighted by Crippen LogP contribution is -2.26. The average molecular weight is 489 g/mol. The molecule has 0 heterocycles. The molecule has 0 spiro atoms. The van der Waals surface area contributed by atoms with Crippen LogP contribution >= 0.6 is 11.6 Å². The highest BCUT2D eigenvalue weighted by molar-refractivity contribution is 7.92. The molecule has 0 aliphatic rings. The van der Waals surface area contributed by atoms with Gasteiger partial charge in [-0.3, -0.25) is 9.52 Å². The lowest BCUT2D eigenvalue weighted by Gasteiger charge is -2.19. The molecule has 3 aromatic carbocycles. The molecule has 0 unspecified atom stereocenters. The fourth-order valence-corrected chi connectivity index (χ4v) is 4.81. The van der Waals surface area contributed by atoms with E-state index in [-0.39, 0.29) is 27.9 Å². The summed E-state index contributed by atoms with van der Waals surface area (Å²) in [5, 5.41) is 0.0115. The van der Waals surface area contributed by atoms with Crippen LogP contribution in [0.15, 0.2) is 71.6 Å². The van der Waals surface area contributed by atoms with Crippen LogP contribution in [-0.2, 0) is 16.6 Å². The van der Waals surface area contributed by atoms with Crippen molar-refractivity contribution in [1.82, 2.24) is 4.90 Å². The van der Waals surface area contributed by atoms with Crippen LogP contribution in [0.25, 0.3) is 0 Å². The quantitative estimate of drug-likeness (QED) is 0.466. The minimum atomic E-state index is -4.03. The lowest BCUT2D eigenvalue weighted by atomic mass is 10.1. The maximum Gasteiger partial charge on any atom is 0.263 e. The molecule has 1 N–H and O–H groups in total. The van der Waals surface area contributed by atoms with E-state index in [0.717, 1.165) is 5.56 Å². The van der Waals surface area contributed by atoms with Gasteiger partial charge in [-0.2, -0.15) is 0 Å². The van der Waals surface area contributed by atoms with Crippen molar-refractivity contribution in [2.75, 3.05) is 25.5 Å². The second-order valence-corrected chi connectivity index (χ2v) is 9.24. The van der Waals surface area contributed by atoms with Crippen LogP contribution in [0.3, 0.4) is 0 Å². The number of hydrogen-bond donors (Lipinski definition) is 1. The number of anilines is 1. The normalized spacial score (nSPS) is 11.0. The zero-order valence-electron chi connectivity index (χ0n) is 18.5. The Balaban J connectivity index is 1.82. The molecule has 0 aliphatic heterocycles. The molecule has 9 heteroatoms. The fraction of sp³-hybridized carbons (Fsp3) is 0.208. The minimum Gasteiger partial charge on any atom is -0.496 e. The molecule has 33 heavy (non-hydrogen) atoms.